The topological polar surface area (TPSA) is 89.0 Å². The van der Waals surface area contributed by atoms with Crippen LogP contribution in [0.15, 0.2) is 48.7 Å². The van der Waals surface area contributed by atoms with Crippen molar-refractivity contribution < 1.29 is 18.3 Å². The summed E-state index contributed by atoms with van der Waals surface area (Å²) in [5, 5.41) is 13.3. The number of hydrogen-bond donors (Lipinski definition) is 2. The van der Waals surface area contributed by atoms with Gasteiger partial charge in [0, 0.05) is 17.4 Å². The lowest BCUT2D eigenvalue weighted by atomic mass is 10.2. The third kappa shape index (κ3) is 4.07. The molecule has 1 heterocycles. The van der Waals surface area contributed by atoms with Crippen LogP contribution in [0.25, 0.3) is 0 Å². The van der Waals surface area contributed by atoms with Gasteiger partial charge in [-0.15, -0.1) is 5.10 Å². The Morgan fingerprint density at radius 1 is 1.04 bits per heavy atom. The van der Waals surface area contributed by atoms with Gasteiger partial charge >= 0.3 is 5.97 Å². The van der Waals surface area contributed by atoms with E-state index in [9.17, 15) is 13.6 Å². The van der Waals surface area contributed by atoms with Crippen molar-refractivity contribution in [2.75, 3.05) is 17.7 Å². The maximum atomic E-state index is 13.3. The number of anilines is 4. The van der Waals surface area contributed by atoms with Crippen molar-refractivity contribution in [2.24, 2.45) is 0 Å². The Bertz CT molecular complexity index is 952. The first-order valence-electron chi connectivity index (χ1n) is 7.42. The lowest BCUT2D eigenvalue weighted by molar-refractivity contribution is 0.0601. The first kappa shape index (κ1) is 17.2. The average molecular weight is 357 g/mol. The Kier molecular flexibility index (Phi) is 4.97. The quantitative estimate of drug-likeness (QED) is 0.676. The zero-order valence-corrected chi connectivity index (χ0v) is 13.5. The smallest absolute Gasteiger partial charge is 0.337 e. The van der Waals surface area contributed by atoms with Crippen molar-refractivity contribution in [3.63, 3.8) is 0 Å². The van der Waals surface area contributed by atoms with Crippen molar-refractivity contribution in [1.29, 1.82) is 0 Å². The molecule has 0 aliphatic carbocycles. The van der Waals surface area contributed by atoms with E-state index in [0.717, 1.165) is 12.1 Å². The first-order chi connectivity index (χ1) is 12.5. The molecule has 7 nitrogen and oxygen atoms in total. The van der Waals surface area contributed by atoms with E-state index >= 15 is 0 Å². The second-order valence-electron chi connectivity index (χ2n) is 5.12. The third-order valence-electron chi connectivity index (χ3n) is 3.29. The van der Waals surface area contributed by atoms with Crippen LogP contribution in [-0.2, 0) is 4.74 Å². The molecule has 0 aliphatic rings. The number of benzene rings is 2. The Balaban J connectivity index is 1.77. The molecule has 9 heteroatoms. The zero-order chi connectivity index (χ0) is 18.5. The number of aromatic nitrogens is 3. The number of nitrogens with one attached hydrogen (secondary N) is 2. The molecule has 132 valence electrons. The van der Waals surface area contributed by atoms with Gasteiger partial charge < -0.3 is 15.4 Å². The van der Waals surface area contributed by atoms with Gasteiger partial charge in [-0.05, 0) is 30.3 Å². The number of carbonyl (C=O) groups is 1. The SMILES string of the molecule is COC(=O)c1cccc(Nc2cnnc(Nc3ccc(F)c(F)c3)n2)c1. The molecule has 1 aromatic heterocycles. The molecule has 2 aromatic carbocycles. The molecule has 0 radical (unpaired) electrons. The monoisotopic (exact) mass is 357 g/mol. The summed E-state index contributed by atoms with van der Waals surface area (Å²) in [5.41, 5.74) is 1.24. The molecular formula is C17H13F2N5O2. The minimum absolute atomic E-state index is 0.0881. The van der Waals surface area contributed by atoms with Gasteiger partial charge in [-0.1, -0.05) is 6.07 Å². The Hall–Kier alpha value is -3.62. The van der Waals surface area contributed by atoms with Crippen LogP contribution in [-0.4, -0.2) is 28.3 Å². The fourth-order valence-electron chi connectivity index (χ4n) is 2.11. The largest absolute Gasteiger partial charge is 0.465 e. The molecule has 0 spiro atoms. The number of carbonyl (C=O) groups excluding carboxylic acids is 1. The molecule has 0 saturated carbocycles. The van der Waals surface area contributed by atoms with Crippen LogP contribution >= 0.6 is 0 Å². The van der Waals surface area contributed by atoms with Gasteiger partial charge in [-0.25, -0.2) is 13.6 Å². The first-order valence-corrected chi connectivity index (χ1v) is 7.42. The van der Waals surface area contributed by atoms with Gasteiger partial charge in [-0.2, -0.15) is 10.1 Å². The summed E-state index contributed by atoms with van der Waals surface area (Å²) in [5.74, 6) is -1.97. The summed E-state index contributed by atoms with van der Waals surface area (Å²) in [4.78, 5) is 15.8. The molecule has 0 saturated heterocycles. The van der Waals surface area contributed by atoms with Gasteiger partial charge in [0.1, 0.15) is 0 Å². The van der Waals surface area contributed by atoms with Crippen LogP contribution in [0.2, 0.25) is 0 Å². The molecule has 0 aliphatic heterocycles. The van der Waals surface area contributed by atoms with E-state index in [2.05, 4.69) is 30.6 Å². The number of ether oxygens (including phenoxy) is 1. The number of nitrogens with zero attached hydrogens (tertiary/aromatic N) is 3. The molecule has 0 unspecified atom stereocenters. The van der Waals surface area contributed by atoms with E-state index in [1.54, 1.807) is 24.3 Å². The Morgan fingerprint density at radius 2 is 1.85 bits per heavy atom. The highest BCUT2D eigenvalue weighted by Crippen LogP contribution is 2.19. The summed E-state index contributed by atoms with van der Waals surface area (Å²) in [6.07, 6.45) is 1.38. The fraction of sp³-hybridized carbons (Fsp3) is 0.0588. The van der Waals surface area contributed by atoms with Crippen LogP contribution in [0.3, 0.4) is 0 Å². The lowest BCUT2D eigenvalue weighted by Gasteiger charge is -2.09. The second kappa shape index (κ2) is 7.51. The van der Waals surface area contributed by atoms with E-state index in [4.69, 9.17) is 0 Å². The molecule has 0 atom stereocenters. The maximum absolute atomic E-state index is 13.3. The maximum Gasteiger partial charge on any atom is 0.337 e. The predicted molar refractivity (Wildman–Crippen MR) is 90.5 cm³/mol. The molecule has 0 amide bonds. The number of hydrogen-bond acceptors (Lipinski definition) is 7. The van der Waals surface area contributed by atoms with Crippen molar-refractivity contribution in [2.45, 2.75) is 0 Å². The minimum Gasteiger partial charge on any atom is -0.465 e. The molecule has 3 rings (SSSR count). The van der Waals surface area contributed by atoms with E-state index in [1.807, 2.05) is 0 Å². The summed E-state index contributed by atoms with van der Waals surface area (Å²) in [7, 11) is 1.30. The standard InChI is InChI=1S/C17H13F2N5O2/c1-26-16(25)10-3-2-4-11(7-10)21-15-9-20-24-17(23-15)22-12-5-6-13(18)14(19)8-12/h2-9H,1H3,(H2,21,22,23,24). The summed E-state index contributed by atoms with van der Waals surface area (Å²) >= 11 is 0. The van der Waals surface area contributed by atoms with Crippen molar-refractivity contribution >= 4 is 29.1 Å². The highest BCUT2D eigenvalue weighted by molar-refractivity contribution is 5.90. The van der Waals surface area contributed by atoms with E-state index in [0.29, 0.717) is 17.1 Å². The second-order valence-corrected chi connectivity index (χ2v) is 5.12. The zero-order valence-electron chi connectivity index (χ0n) is 13.5. The van der Waals surface area contributed by atoms with Gasteiger partial charge in [0.25, 0.3) is 0 Å². The molecule has 2 N–H and O–H groups in total. The van der Waals surface area contributed by atoms with Gasteiger partial charge in [0.15, 0.2) is 17.5 Å². The molecule has 26 heavy (non-hydrogen) atoms. The number of rotatable bonds is 5. The molecule has 0 bridgehead atoms. The van der Waals surface area contributed by atoms with Crippen molar-refractivity contribution in [1.82, 2.24) is 15.2 Å². The van der Waals surface area contributed by atoms with Crippen LogP contribution in [0.4, 0.5) is 31.9 Å². The number of esters is 1. The fourth-order valence-corrected chi connectivity index (χ4v) is 2.11. The Morgan fingerprint density at radius 3 is 2.62 bits per heavy atom. The van der Waals surface area contributed by atoms with Crippen LogP contribution in [0, 0.1) is 11.6 Å². The van der Waals surface area contributed by atoms with Gasteiger partial charge in [0.05, 0.1) is 18.9 Å². The van der Waals surface area contributed by atoms with E-state index in [1.165, 1.54) is 19.4 Å². The molecular weight excluding hydrogens is 344 g/mol. The normalized spacial score (nSPS) is 10.3. The van der Waals surface area contributed by atoms with Crippen molar-refractivity contribution in [3.8, 4) is 0 Å². The van der Waals surface area contributed by atoms with Crippen LogP contribution in [0.5, 0.6) is 0 Å². The number of halogens is 2. The predicted octanol–water partition coefficient (Wildman–Crippen LogP) is 3.42. The number of methoxy groups -OCH3 is 1. The molecule has 0 fully saturated rings. The highest BCUT2D eigenvalue weighted by atomic mass is 19.2. The lowest BCUT2D eigenvalue weighted by Crippen LogP contribution is -2.04. The van der Waals surface area contributed by atoms with Crippen molar-refractivity contribution in [3.05, 3.63) is 65.9 Å². The highest BCUT2D eigenvalue weighted by Gasteiger charge is 2.08. The van der Waals surface area contributed by atoms with E-state index in [-0.39, 0.29) is 11.6 Å². The summed E-state index contributed by atoms with van der Waals surface area (Å²) in [6.45, 7) is 0. The third-order valence-corrected chi connectivity index (χ3v) is 3.29. The van der Waals surface area contributed by atoms with Crippen LogP contribution < -0.4 is 10.6 Å². The van der Waals surface area contributed by atoms with E-state index < -0.39 is 17.6 Å². The van der Waals surface area contributed by atoms with Gasteiger partial charge in [-0.3, -0.25) is 0 Å². The minimum atomic E-state index is -0.989. The molecule has 3 aromatic rings. The average Bonchev–Trinajstić information content (AvgIpc) is 2.64. The van der Waals surface area contributed by atoms with Crippen LogP contribution in [0.1, 0.15) is 10.4 Å². The summed E-state index contributed by atoms with van der Waals surface area (Å²) in [6, 6.07) is 9.95. The van der Waals surface area contributed by atoms with Gasteiger partial charge in [0.2, 0.25) is 5.95 Å². The Labute approximate surface area is 147 Å². The summed E-state index contributed by atoms with van der Waals surface area (Å²) < 4.78 is 30.9.